The van der Waals surface area contributed by atoms with Crippen molar-refractivity contribution >= 4 is 0 Å². The summed E-state index contributed by atoms with van der Waals surface area (Å²) < 4.78 is 0. The van der Waals surface area contributed by atoms with Crippen LogP contribution in [0.4, 0.5) is 0 Å². The van der Waals surface area contributed by atoms with E-state index in [4.69, 9.17) is 0 Å². The van der Waals surface area contributed by atoms with Gasteiger partial charge in [-0.05, 0) is 55.2 Å². The van der Waals surface area contributed by atoms with Crippen LogP contribution in [0.3, 0.4) is 0 Å². The highest BCUT2D eigenvalue weighted by atomic mass is 14.9. The molecular weight excluding hydrogens is 254 g/mol. The second kappa shape index (κ2) is 8.58. The molecule has 0 heterocycles. The van der Waals surface area contributed by atoms with Gasteiger partial charge >= 0.3 is 0 Å². The molecule has 1 nitrogen and oxygen atoms in total. The molecule has 0 aliphatic heterocycles. The molecule has 3 unspecified atom stereocenters. The van der Waals surface area contributed by atoms with E-state index in [1.54, 1.807) is 0 Å². The molecule has 1 fully saturated rings. The average Bonchev–Trinajstić information content (AvgIpc) is 2.97. The van der Waals surface area contributed by atoms with E-state index in [9.17, 15) is 0 Å². The molecule has 1 aliphatic rings. The molecule has 1 aromatic rings. The normalized spacial score (nSPS) is 23.4. The minimum absolute atomic E-state index is 0.568. The lowest BCUT2D eigenvalue weighted by Crippen LogP contribution is -2.28. The maximum atomic E-state index is 3.84. The van der Waals surface area contributed by atoms with Crippen LogP contribution in [0.15, 0.2) is 24.3 Å². The monoisotopic (exact) mass is 287 g/mol. The van der Waals surface area contributed by atoms with Gasteiger partial charge in [0.25, 0.3) is 0 Å². The molecule has 1 aliphatic carbocycles. The van der Waals surface area contributed by atoms with Crippen molar-refractivity contribution in [2.45, 2.75) is 71.8 Å². The SMILES string of the molecule is CCCNC(c1cccc(CCC)c1)C1CCC(CC)C1. The predicted octanol–water partition coefficient (Wildman–Crippen LogP) is 5.51. The highest BCUT2D eigenvalue weighted by Crippen LogP contribution is 2.40. The van der Waals surface area contributed by atoms with Crippen LogP contribution in [-0.2, 0) is 6.42 Å². The summed E-state index contributed by atoms with van der Waals surface area (Å²) in [5.41, 5.74) is 3.03. The number of nitrogens with one attached hydrogen (secondary N) is 1. The highest BCUT2D eigenvalue weighted by molar-refractivity contribution is 5.27. The Kier molecular flexibility index (Phi) is 6.76. The van der Waals surface area contributed by atoms with E-state index in [-0.39, 0.29) is 0 Å². The lowest BCUT2D eigenvalue weighted by atomic mass is 9.89. The van der Waals surface area contributed by atoms with Crippen molar-refractivity contribution in [1.82, 2.24) is 5.32 Å². The number of rotatable bonds is 8. The summed E-state index contributed by atoms with van der Waals surface area (Å²) in [6, 6.07) is 9.90. The Morgan fingerprint density at radius 2 is 2.00 bits per heavy atom. The summed E-state index contributed by atoms with van der Waals surface area (Å²) in [6.45, 7) is 8.02. The van der Waals surface area contributed by atoms with Crippen molar-refractivity contribution in [3.8, 4) is 0 Å². The first-order valence-electron chi connectivity index (χ1n) is 9.10. The third-order valence-electron chi connectivity index (χ3n) is 5.09. The first-order valence-corrected chi connectivity index (χ1v) is 9.10. The zero-order valence-electron chi connectivity index (χ0n) is 14.2. The van der Waals surface area contributed by atoms with Crippen molar-refractivity contribution in [3.63, 3.8) is 0 Å². The topological polar surface area (TPSA) is 12.0 Å². The first kappa shape index (κ1) is 16.5. The van der Waals surface area contributed by atoms with Gasteiger partial charge in [-0.2, -0.15) is 0 Å². The standard InChI is InChI=1S/C20H33N/c1-4-8-17-9-7-10-18(15-17)20(21-13-5-2)19-12-11-16(6-3)14-19/h7,9-10,15-16,19-21H,4-6,8,11-14H2,1-3H3. The summed E-state index contributed by atoms with van der Waals surface area (Å²) in [5.74, 6) is 1.79. The molecule has 1 saturated carbocycles. The summed E-state index contributed by atoms with van der Waals surface area (Å²) in [4.78, 5) is 0. The van der Waals surface area contributed by atoms with Gasteiger partial charge in [-0.15, -0.1) is 0 Å². The Hall–Kier alpha value is -0.820. The van der Waals surface area contributed by atoms with Gasteiger partial charge in [-0.1, -0.05) is 64.3 Å². The zero-order chi connectivity index (χ0) is 15.1. The van der Waals surface area contributed by atoms with E-state index < -0.39 is 0 Å². The molecule has 0 bridgehead atoms. The van der Waals surface area contributed by atoms with Crippen LogP contribution in [0.25, 0.3) is 0 Å². The van der Waals surface area contributed by atoms with Crippen molar-refractivity contribution in [2.24, 2.45) is 11.8 Å². The van der Waals surface area contributed by atoms with Gasteiger partial charge in [0.2, 0.25) is 0 Å². The molecule has 2 rings (SSSR count). The molecule has 0 amide bonds. The summed E-state index contributed by atoms with van der Waals surface area (Å²) in [5, 5.41) is 3.84. The maximum Gasteiger partial charge on any atom is 0.0348 e. The maximum absolute atomic E-state index is 3.84. The van der Waals surface area contributed by atoms with Crippen LogP contribution in [-0.4, -0.2) is 6.54 Å². The van der Waals surface area contributed by atoms with Crippen molar-refractivity contribution in [3.05, 3.63) is 35.4 Å². The lowest BCUT2D eigenvalue weighted by Gasteiger charge is -2.26. The van der Waals surface area contributed by atoms with Gasteiger partial charge in [-0.3, -0.25) is 0 Å². The smallest absolute Gasteiger partial charge is 0.0348 e. The first-order chi connectivity index (χ1) is 10.3. The van der Waals surface area contributed by atoms with Gasteiger partial charge < -0.3 is 5.32 Å². The van der Waals surface area contributed by atoms with E-state index in [2.05, 4.69) is 50.4 Å². The quantitative estimate of drug-likeness (QED) is 0.665. The summed E-state index contributed by atoms with van der Waals surface area (Å²) >= 11 is 0. The molecule has 1 aromatic carbocycles. The Morgan fingerprint density at radius 1 is 1.14 bits per heavy atom. The molecule has 0 spiro atoms. The van der Waals surface area contributed by atoms with Crippen LogP contribution >= 0.6 is 0 Å². The molecule has 3 atom stereocenters. The van der Waals surface area contributed by atoms with Gasteiger partial charge in [0.15, 0.2) is 0 Å². The van der Waals surface area contributed by atoms with Gasteiger partial charge in [0.05, 0.1) is 0 Å². The van der Waals surface area contributed by atoms with Crippen molar-refractivity contribution < 1.29 is 0 Å². The number of hydrogen-bond donors (Lipinski definition) is 1. The van der Waals surface area contributed by atoms with Gasteiger partial charge in [0.1, 0.15) is 0 Å². The van der Waals surface area contributed by atoms with E-state index in [1.165, 1.54) is 56.1 Å². The van der Waals surface area contributed by atoms with Crippen LogP contribution < -0.4 is 5.32 Å². The number of aryl methyl sites for hydroxylation is 1. The largest absolute Gasteiger partial charge is 0.310 e. The second-order valence-electron chi connectivity index (χ2n) is 6.77. The minimum atomic E-state index is 0.568. The fourth-order valence-electron chi connectivity index (χ4n) is 3.87. The number of hydrogen-bond acceptors (Lipinski definition) is 1. The van der Waals surface area contributed by atoms with Crippen molar-refractivity contribution in [2.75, 3.05) is 6.54 Å². The second-order valence-corrected chi connectivity index (χ2v) is 6.77. The fraction of sp³-hybridized carbons (Fsp3) is 0.700. The van der Waals surface area contributed by atoms with Crippen molar-refractivity contribution in [1.29, 1.82) is 0 Å². The van der Waals surface area contributed by atoms with Crippen LogP contribution in [0.5, 0.6) is 0 Å². The molecular formula is C20H33N. The van der Waals surface area contributed by atoms with E-state index in [1.807, 2.05) is 0 Å². The van der Waals surface area contributed by atoms with Crippen LogP contribution in [0.1, 0.15) is 76.5 Å². The van der Waals surface area contributed by atoms with Gasteiger partial charge in [0, 0.05) is 6.04 Å². The lowest BCUT2D eigenvalue weighted by molar-refractivity contribution is 0.354. The van der Waals surface area contributed by atoms with Crippen LogP contribution in [0, 0.1) is 11.8 Å². The van der Waals surface area contributed by atoms with E-state index >= 15 is 0 Å². The van der Waals surface area contributed by atoms with Crippen LogP contribution in [0.2, 0.25) is 0 Å². The Bertz CT molecular complexity index is 412. The molecule has 1 heteroatoms. The fourth-order valence-corrected chi connectivity index (χ4v) is 3.87. The minimum Gasteiger partial charge on any atom is -0.310 e. The Balaban J connectivity index is 2.13. The summed E-state index contributed by atoms with van der Waals surface area (Å²) in [7, 11) is 0. The summed E-state index contributed by atoms with van der Waals surface area (Å²) in [6.07, 6.45) is 9.25. The molecule has 0 aromatic heterocycles. The molecule has 1 N–H and O–H groups in total. The Morgan fingerprint density at radius 3 is 2.67 bits per heavy atom. The molecule has 21 heavy (non-hydrogen) atoms. The van der Waals surface area contributed by atoms with E-state index in [0.717, 1.165) is 18.4 Å². The molecule has 0 saturated heterocycles. The molecule has 0 radical (unpaired) electrons. The highest BCUT2D eigenvalue weighted by Gasteiger charge is 2.30. The third-order valence-corrected chi connectivity index (χ3v) is 5.09. The van der Waals surface area contributed by atoms with Gasteiger partial charge in [-0.25, -0.2) is 0 Å². The third kappa shape index (κ3) is 4.57. The predicted molar refractivity (Wildman–Crippen MR) is 92.6 cm³/mol. The Labute approximate surface area is 131 Å². The van der Waals surface area contributed by atoms with E-state index in [0.29, 0.717) is 6.04 Å². The zero-order valence-corrected chi connectivity index (χ0v) is 14.2. The molecule has 118 valence electrons. The average molecular weight is 287 g/mol. The number of benzene rings is 1.